The maximum absolute atomic E-state index is 5.71. The lowest BCUT2D eigenvalue weighted by atomic mass is 10.0. The largest absolute Gasteiger partial charge is 0.271 e. The molecule has 19 heavy (non-hydrogen) atoms. The standard InChI is InChI=1S/C14H16N4S/c1-18-13(6-7-16-18)12(17-15)8-10-9-19-14-5-3-2-4-11(10)14/h2-7,9,12,17H,8,15H2,1H3. The summed E-state index contributed by atoms with van der Waals surface area (Å²) in [6, 6.07) is 10.5. The number of benzene rings is 1. The molecule has 0 radical (unpaired) electrons. The SMILES string of the molecule is Cn1nccc1C(Cc1csc2ccccc12)NN. The number of nitrogens with zero attached hydrogens (tertiary/aromatic N) is 2. The van der Waals surface area contributed by atoms with Crippen LogP contribution in [0.1, 0.15) is 17.3 Å². The molecule has 0 saturated heterocycles. The van der Waals surface area contributed by atoms with Crippen molar-refractivity contribution in [2.24, 2.45) is 12.9 Å². The highest BCUT2D eigenvalue weighted by Gasteiger charge is 2.16. The normalized spacial score (nSPS) is 12.9. The van der Waals surface area contributed by atoms with Crippen LogP contribution in [0.2, 0.25) is 0 Å². The smallest absolute Gasteiger partial charge is 0.0669 e. The Morgan fingerprint density at radius 2 is 2.21 bits per heavy atom. The first kappa shape index (κ1) is 12.3. The molecule has 0 spiro atoms. The van der Waals surface area contributed by atoms with Crippen LogP contribution < -0.4 is 11.3 Å². The van der Waals surface area contributed by atoms with Crippen LogP contribution in [-0.4, -0.2) is 9.78 Å². The van der Waals surface area contributed by atoms with Crippen LogP contribution in [0.5, 0.6) is 0 Å². The molecule has 98 valence electrons. The number of aromatic nitrogens is 2. The summed E-state index contributed by atoms with van der Waals surface area (Å²) in [5.74, 6) is 5.71. The molecule has 2 heterocycles. The van der Waals surface area contributed by atoms with Crippen molar-refractivity contribution in [3.8, 4) is 0 Å². The van der Waals surface area contributed by atoms with Gasteiger partial charge in [0.1, 0.15) is 0 Å². The number of rotatable bonds is 4. The third-order valence-corrected chi connectivity index (χ3v) is 4.41. The predicted octanol–water partition coefficient (Wildman–Crippen LogP) is 2.38. The summed E-state index contributed by atoms with van der Waals surface area (Å²) in [4.78, 5) is 0. The van der Waals surface area contributed by atoms with E-state index in [1.54, 1.807) is 17.5 Å². The van der Waals surface area contributed by atoms with E-state index in [2.05, 4.69) is 40.2 Å². The van der Waals surface area contributed by atoms with Gasteiger partial charge in [-0.25, -0.2) is 0 Å². The third kappa shape index (κ3) is 2.28. The third-order valence-electron chi connectivity index (χ3n) is 3.40. The molecule has 3 aromatic rings. The summed E-state index contributed by atoms with van der Waals surface area (Å²) in [5.41, 5.74) is 5.31. The Morgan fingerprint density at radius 1 is 1.37 bits per heavy atom. The van der Waals surface area contributed by atoms with Gasteiger partial charge in [-0.1, -0.05) is 18.2 Å². The van der Waals surface area contributed by atoms with Crippen LogP contribution in [0, 0.1) is 0 Å². The van der Waals surface area contributed by atoms with Gasteiger partial charge in [-0.2, -0.15) is 5.10 Å². The Balaban J connectivity index is 1.93. The van der Waals surface area contributed by atoms with E-state index >= 15 is 0 Å². The second-order valence-corrected chi connectivity index (χ2v) is 5.47. The van der Waals surface area contributed by atoms with E-state index in [1.807, 2.05) is 17.8 Å². The zero-order valence-electron chi connectivity index (χ0n) is 10.7. The molecule has 0 saturated carbocycles. The predicted molar refractivity (Wildman–Crippen MR) is 78.8 cm³/mol. The maximum atomic E-state index is 5.71. The van der Waals surface area contributed by atoms with Crippen molar-refractivity contribution in [3.63, 3.8) is 0 Å². The van der Waals surface area contributed by atoms with Gasteiger partial charge >= 0.3 is 0 Å². The summed E-state index contributed by atoms with van der Waals surface area (Å²) in [6.07, 6.45) is 2.66. The van der Waals surface area contributed by atoms with Crippen LogP contribution >= 0.6 is 11.3 Å². The molecule has 5 heteroatoms. The molecular weight excluding hydrogens is 256 g/mol. The fourth-order valence-corrected chi connectivity index (χ4v) is 3.36. The number of hydrazine groups is 1. The van der Waals surface area contributed by atoms with Crippen LogP contribution in [0.25, 0.3) is 10.1 Å². The molecule has 0 aliphatic heterocycles. The Hall–Kier alpha value is -1.69. The van der Waals surface area contributed by atoms with Gasteiger partial charge in [-0.05, 0) is 34.9 Å². The van der Waals surface area contributed by atoms with Gasteiger partial charge in [-0.3, -0.25) is 16.0 Å². The van der Waals surface area contributed by atoms with Gasteiger partial charge in [0.25, 0.3) is 0 Å². The number of hydrogen-bond acceptors (Lipinski definition) is 4. The molecule has 0 fully saturated rings. The number of thiophene rings is 1. The number of aryl methyl sites for hydroxylation is 1. The summed E-state index contributed by atoms with van der Waals surface area (Å²) in [6.45, 7) is 0. The van der Waals surface area contributed by atoms with E-state index in [0.717, 1.165) is 12.1 Å². The highest BCUT2D eigenvalue weighted by atomic mass is 32.1. The summed E-state index contributed by atoms with van der Waals surface area (Å²) < 4.78 is 3.18. The minimum absolute atomic E-state index is 0.0745. The Labute approximate surface area is 115 Å². The van der Waals surface area contributed by atoms with Crippen LogP contribution in [-0.2, 0) is 13.5 Å². The molecule has 3 N–H and O–H groups in total. The fraction of sp³-hybridized carbons (Fsp3) is 0.214. The van der Waals surface area contributed by atoms with Crippen LogP contribution in [0.4, 0.5) is 0 Å². The topological polar surface area (TPSA) is 55.9 Å². The summed E-state index contributed by atoms with van der Waals surface area (Å²) >= 11 is 1.78. The van der Waals surface area contributed by atoms with Crippen molar-refractivity contribution < 1.29 is 0 Å². The van der Waals surface area contributed by atoms with Crippen molar-refractivity contribution >= 4 is 21.4 Å². The minimum Gasteiger partial charge on any atom is -0.271 e. The first-order valence-electron chi connectivity index (χ1n) is 6.18. The molecule has 0 amide bonds. The molecule has 3 rings (SSSR count). The molecule has 1 aromatic carbocycles. The lowest BCUT2D eigenvalue weighted by Crippen LogP contribution is -2.31. The first-order chi connectivity index (χ1) is 9.29. The van der Waals surface area contributed by atoms with Gasteiger partial charge in [0, 0.05) is 17.9 Å². The fourth-order valence-electron chi connectivity index (χ4n) is 2.39. The number of hydrogen-bond donors (Lipinski definition) is 2. The Bertz CT molecular complexity index is 685. The van der Waals surface area contributed by atoms with E-state index in [1.165, 1.54) is 15.6 Å². The average Bonchev–Trinajstić information content (AvgIpc) is 3.03. The number of nitrogens with one attached hydrogen (secondary N) is 1. The van der Waals surface area contributed by atoms with E-state index in [9.17, 15) is 0 Å². The molecule has 0 aliphatic carbocycles. The van der Waals surface area contributed by atoms with Gasteiger partial charge in [-0.15, -0.1) is 11.3 Å². The zero-order valence-corrected chi connectivity index (χ0v) is 11.5. The van der Waals surface area contributed by atoms with Crippen molar-refractivity contribution in [1.29, 1.82) is 0 Å². The zero-order chi connectivity index (χ0) is 13.2. The molecule has 4 nitrogen and oxygen atoms in total. The van der Waals surface area contributed by atoms with Gasteiger partial charge in [0.2, 0.25) is 0 Å². The second-order valence-electron chi connectivity index (χ2n) is 4.56. The molecule has 0 aliphatic rings. The summed E-state index contributed by atoms with van der Waals surface area (Å²) in [7, 11) is 1.94. The number of nitrogens with two attached hydrogens (primary N) is 1. The summed E-state index contributed by atoms with van der Waals surface area (Å²) in [5, 5.41) is 7.73. The lowest BCUT2D eigenvalue weighted by molar-refractivity contribution is 0.510. The quantitative estimate of drug-likeness (QED) is 0.566. The monoisotopic (exact) mass is 272 g/mol. The van der Waals surface area contributed by atoms with E-state index in [4.69, 9.17) is 5.84 Å². The van der Waals surface area contributed by atoms with Gasteiger partial charge < -0.3 is 0 Å². The lowest BCUT2D eigenvalue weighted by Gasteiger charge is -2.15. The van der Waals surface area contributed by atoms with E-state index in [0.29, 0.717) is 0 Å². The molecule has 0 bridgehead atoms. The minimum atomic E-state index is 0.0745. The molecule has 1 atom stereocenters. The van der Waals surface area contributed by atoms with Crippen molar-refractivity contribution in [2.45, 2.75) is 12.5 Å². The highest BCUT2D eigenvalue weighted by molar-refractivity contribution is 7.17. The number of fused-ring (bicyclic) bond motifs is 1. The van der Waals surface area contributed by atoms with Crippen molar-refractivity contribution in [2.75, 3.05) is 0 Å². The van der Waals surface area contributed by atoms with Gasteiger partial charge in [0.15, 0.2) is 0 Å². The van der Waals surface area contributed by atoms with Crippen LogP contribution in [0.15, 0.2) is 41.9 Å². The molecular formula is C14H16N4S. The first-order valence-corrected chi connectivity index (χ1v) is 7.06. The van der Waals surface area contributed by atoms with Crippen molar-refractivity contribution in [3.05, 3.63) is 53.2 Å². The Morgan fingerprint density at radius 3 is 2.95 bits per heavy atom. The maximum Gasteiger partial charge on any atom is 0.0669 e. The van der Waals surface area contributed by atoms with E-state index in [-0.39, 0.29) is 6.04 Å². The van der Waals surface area contributed by atoms with E-state index < -0.39 is 0 Å². The second kappa shape index (κ2) is 5.13. The molecule has 1 unspecified atom stereocenters. The molecule has 2 aromatic heterocycles. The Kier molecular flexibility index (Phi) is 3.33. The van der Waals surface area contributed by atoms with Gasteiger partial charge in [0.05, 0.1) is 11.7 Å². The highest BCUT2D eigenvalue weighted by Crippen LogP contribution is 2.29. The average molecular weight is 272 g/mol. The van der Waals surface area contributed by atoms with Crippen LogP contribution in [0.3, 0.4) is 0 Å². The van der Waals surface area contributed by atoms with Crippen molar-refractivity contribution in [1.82, 2.24) is 15.2 Å².